The van der Waals surface area contributed by atoms with Crippen LogP contribution in [0.2, 0.25) is 0 Å². The summed E-state index contributed by atoms with van der Waals surface area (Å²) in [5, 5.41) is 0. The van der Waals surface area contributed by atoms with Crippen LogP contribution in [0.3, 0.4) is 0 Å². The number of hydrogen-bond acceptors (Lipinski definition) is 3. The average molecular weight is 709 g/mol. The van der Waals surface area contributed by atoms with Crippen LogP contribution < -0.4 is 37.9 Å². The van der Waals surface area contributed by atoms with E-state index >= 15 is 0 Å². The maximum absolute atomic E-state index is 13.6. The molecule has 1 aliphatic carbocycles. The number of Topliss-reactive ketones (excluding diaryl/α,β-unsaturated/α-hetero) is 1. The minimum Gasteiger partial charge on any atom is -1.00 e. The number of para-hydroxylation sites is 2. The summed E-state index contributed by atoms with van der Waals surface area (Å²) in [6.45, 7) is 12.4. The number of carbonyl (C=O) groups excluding carboxylic acids is 1. The fourth-order valence-corrected chi connectivity index (χ4v) is 9.72. The van der Waals surface area contributed by atoms with Gasteiger partial charge in [-0.3, -0.25) is 0 Å². The number of likely N-dealkylation sites (N-methyl/N-ethyl adjacent to an activating group) is 1. The van der Waals surface area contributed by atoms with Crippen LogP contribution in [-0.4, -0.2) is 59.8 Å². The van der Waals surface area contributed by atoms with Gasteiger partial charge in [-0.05, 0) is 0 Å². The van der Waals surface area contributed by atoms with Gasteiger partial charge in [0.1, 0.15) is 0 Å². The van der Waals surface area contributed by atoms with Crippen molar-refractivity contribution in [3.8, 4) is 0 Å². The maximum Gasteiger partial charge on any atom is -1.00 e. The standard InChI is InChI=1S/C28H30N3OSe2.HI/c1-5-29(6-2)27-19(17-25-30(7-3)21-13-9-11-15-23(21)33-25)28(32)20(27)18-26-31(8-4)22-14-10-12-16-24(22)34-26;/h9-18H,5-8H2,1-4H3;1H/q+1;/p-1. The molecule has 0 spiro atoms. The topological polar surface area (TPSA) is 27.4 Å². The number of nitrogens with zero attached hydrogens (tertiary/aromatic N) is 3. The molecular weight excluding hydrogens is 679 g/mol. The Balaban J connectivity index is 0.00000289. The monoisotopic (exact) mass is 711 g/mol. The van der Waals surface area contributed by atoms with Crippen molar-refractivity contribution in [2.45, 2.75) is 34.2 Å². The SMILES string of the molecule is CCN(CC)C1=C(/C=C2\[Se]c3ccccc3N2CC)C(=O)/C1=C/c1[se]c2ccccc2[n+]1CC.[I-]. The van der Waals surface area contributed by atoms with E-state index in [0.29, 0.717) is 0 Å². The van der Waals surface area contributed by atoms with E-state index in [1.165, 1.54) is 29.1 Å². The molecule has 1 aromatic heterocycles. The van der Waals surface area contributed by atoms with Crippen molar-refractivity contribution < 1.29 is 33.3 Å². The summed E-state index contributed by atoms with van der Waals surface area (Å²) in [7, 11) is 0. The molecule has 2 aromatic carbocycles. The Bertz CT molecular complexity index is 1370. The second-order valence-electron chi connectivity index (χ2n) is 8.27. The molecular formula is C28H30IN3OSe2. The number of aromatic nitrogens is 1. The van der Waals surface area contributed by atoms with Gasteiger partial charge in [0.2, 0.25) is 0 Å². The molecule has 35 heavy (non-hydrogen) atoms. The van der Waals surface area contributed by atoms with Crippen LogP contribution in [0.1, 0.15) is 32.3 Å². The second kappa shape index (κ2) is 11.2. The maximum atomic E-state index is 13.6. The summed E-state index contributed by atoms with van der Waals surface area (Å²) < 4.78 is 7.74. The molecule has 0 saturated carbocycles. The Hall–Kier alpha value is -1.63. The number of carbonyl (C=O) groups is 1. The van der Waals surface area contributed by atoms with Crippen LogP contribution in [0.15, 0.2) is 76.0 Å². The van der Waals surface area contributed by atoms with Gasteiger partial charge in [-0.15, -0.1) is 0 Å². The van der Waals surface area contributed by atoms with Gasteiger partial charge < -0.3 is 24.0 Å². The van der Waals surface area contributed by atoms with Crippen molar-refractivity contribution in [2.75, 3.05) is 24.5 Å². The van der Waals surface area contributed by atoms with Gasteiger partial charge in [-0.1, -0.05) is 0 Å². The first-order valence-electron chi connectivity index (χ1n) is 12.0. The predicted octanol–water partition coefficient (Wildman–Crippen LogP) is 0.481. The van der Waals surface area contributed by atoms with Gasteiger partial charge in [0.25, 0.3) is 0 Å². The molecule has 0 radical (unpaired) electrons. The molecule has 7 heteroatoms. The largest absolute Gasteiger partial charge is 1.00 e. The molecule has 182 valence electrons. The van der Waals surface area contributed by atoms with Crippen LogP contribution in [0.5, 0.6) is 0 Å². The smallest absolute Gasteiger partial charge is 1.00 e. The molecule has 0 atom stereocenters. The van der Waals surface area contributed by atoms with E-state index < -0.39 is 0 Å². The van der Waals surface area contributed by atoms with E-state index in [2.05, 4.69) is 103 Å². The number of halogens is 1. The predicted molar refractivity (Wildman–Crippen MR) is 143 cm³/mol. The van der Waals surface area contributed by atoms with Crippen molar-refractivity contribution in [3.63, 3.8) is 0 Å². The van der Waals surface area contributed by atoms with Crippen molar-refractivity contribution >= 4 is 61.2 Å². The Labute approximate surface area is 237 Å². The van der Waals surface area contributed by atoms with E-state index in [4.69, 9.17) is 0 Å². The van der Waals surface area contributed by atoms with Crippen LogP contribution >= 0.6 is 0 Å². The van der Waals surface area contributed by atoms with Crippen molar-refractivity contribution in [1.82, 2.24) is 4.90 Å². The first-order valence-corrected chi connectivity index (χ1v) is 15.5. The second-order valence-corrected chi connectivity index (χ2v) is 12.7. The third-order valence-electron chi connectivity index (χ3n) is 6.52. The quantitative estimate of drug-likeness (QED) is 0.155. The molecule has 0 N–H and O–H groups in total. The molecule has 5 rings (SSSR count). The first-order chi connectivity index (χ1) is 16.6. The number of aryl methyl sites for hydroxylation is 1. The number of fused-ring (bicyclic) bond motifs is 2. The molecule has 4 nitrogen and oxygen atoms in total. The van der Waals surface area contributed by atoms with Gasteiger partial charge in [-0.2, -0.15) is 0 Å². The number of ketones is 1. The minimum absolute atomic E-state index is 0. The zero-order valence-electron chi connectivity index (χ0n) is 20.5. The third-order valence-corrected chi connectivity index (χ3v) is 11.2. The minimum atomic E-state index is 0. The van der Waals surface area contributed by atoms with Gasteiger partial charge in [0.15, 0.2) is 0 Å². The molecule has 3 aromatic rings. The Morgan fingerprint density at radius 3 is 2.40 bits per heavy atom. The normalized spacial score (nSPS) is 17.3. The van der Waals surface area contributed by atoms with Gasteiger partial charge >= 0.3 is 215 Å². The summed E-state index contributed by atoms with van der Waals surface area (Å²) in [6, 6.07) is 17.3. The van der Waals surface area contributed by atoms with Crippen LogP contribution in [-0.2, 0) is 11.3 Å². The molecule has 0 amide bonds. The van der Waals surface area contributed by atoms with Crippen molar-refractivity contribution in [2.24, 2.45) is 0 Å². The van der Waals surface area contributed by atoms with E-state index in [0.717, 1.165) is 43.0 Å². The molecule has 0 saturated heterocycles. The third kappa shape index (κ3) is 4.62. The van der Waals surface area contributed by atoms with Gasteiger partial charge in [0, 0.05) is 0 Å². The van der Waals surface area contributed by atoms with E-state index in [9.17, 15) is 4.79 Å². The number of hydrogen-bond donors (Lipinski definition) is 0. The summed E-state index contributed by atoms with van der Waals surface area (Å²) in [4.78, 5) is 18.3. The first kappa shape index (κ1) is 26.4. The number of rotatable bonds is 7. The van der Waals surface area contributed by atoms with Crippen LogP contribution in [0, 0.1) is 0 Å². The Morgan fingerprint density at radius 1 is 0.971 bits per heavy atom. The van der Waals surface area contributed by atoms with Gasteiger partial charge in [-0.25, -0.2) is 0 Å². The van der Waals surface area contributed by atoms with Crippen molar-refractivity contribution in [3.05, 3.63) is 80.6 Å². The molecule has 0 unspecified atom stereocenters. The van der Waals surface area contributed by atoms with E-state index in [1.807, 2.05) is 0 Å². The summed E-state index contributed by atoms with van der Waals surface area (Å²) in [6.07, 6.45) is 4.38. The summed E-state index contributed by atoms with van der Waals surface area (Å²) in [5.74, 6) is 0.188. The van der Waals surface area contributed by atoms with E-state index in [-0.39, 0.29) is 59.2 Å². The summed E-state index contributed by atoms with van der Waals surface area (Å²) in [5.41, 5.74) is 5.48. The molecule has 2 heterocycles. The zero-order chi connectivity index (χ0) is 23.8. The Morgan fingerprint density at radius 2 is 1.69 bits per heavy atom. The van der Waals surface area contributed by atoms with Gasteiger partial charge in [0.05, 0.1) is 0 Å². The zero-order valence-corrected chi connectivity index (χ0v) is 26.1. The molecule has 1 aliphatic heterocycles. The summed E-state index contributed by atoms with van der Waals surface area (Å²) >= 11 is 0.440. The fraction of sp³-hybridized carbons (Fsp3) is 0.286. The number of anilines is 1. The van der Waals surface area contributed by atoms with Crippen LogP contribution in [0.4, 0.5) is 5.69 Å². The van der Waals surface area contributed by atoms with E-state index in [1.54, 1.807) is 0 Å². The van der Waals surface area contributed by atoms with Crippen molar-refractivity contribution in [1.29, 1.82) is 0 Å². The van der Waals surface area contributed by atoms with Crippen LogP contribution in [0.25, 0.3) is 15.9 Å². The average Bonchev–Trinajstić information content (AvgIpc) is 3.41. The molecule has 0 fully saturated rings. The Kier molecular flexibility index (Phi) is 8.45. The fourth-order valence-electron chi connectivity index (χ4n) is 4.81. The number of allylic oxidation sites excluding steroid dienone is 3. The number of benzene rings is 2. The molecule has 0 bridgehead atoms. The molecule has 2 aliphatic rings.